The Kier molecular flexibility index (Phi) is 5.70. The van der Waals surface area contributed by atoms with Gasteiger partial charge in [-0.2, -0.15) is 0 Å². The average molecular weight is 637 g/mol. The molecule has 0 fully saturated rings. The topological polar surface area (TPSA) is 26.3 Å². The van der Waals surface area contributed by atoms with E-state index >= 15 is 0 Å². The van der Waals surface area contributed by atoms with Crippen LogP contribution in [0.25, 0.3) is 110 Å². The SMILES string of the molecule is c1cc(-c2ccc3ccccc3c2)cc(-c2c3ccccc3c(-c3ccc4oc5ccc6c7ccccc7oc6c5c4c3)c3ccccc23)c1. The summed E-state index contributed by atoms with van der Waals surface area (Å²) in [5.41, 5.74) is 10.7. The molecule has 0 spiro atoms. The first-order valence-corrected chi connectivity index (χ1v) is 17.1. The van der Waals surface area contributed by atoms with Gasteiger partial charge >= 0.3 is 0 Å². The van der Waals surface area contributed by atoms with Gasteiger partial charge in [-0.05, 0) is 108 Å². The van der Waals surface area contributed by atoms with Crippen LogP contribution in [0.3, 0.4) is 0 Å². The number of para-hydroxylation sites is 1. The van der Waals surface area contributed by atoms with Gasteiger partial charge in [0.05, 0.1) is 5.39 Å². The lowest BCUT2D eigenvalue weighted by Crippen LogP contribution is -1.91. The fraction of sp³-hybridized carbons (Fsp3) is 0. The highest BCUT2D eigenvalue weighted by atomic mass is 16.3. The summed E-state index contributed by atoms with van der Waals surface area (Å²) in [7, 11) is 0. The number of benzene rings is 9. The molecule has 0 unspecified atom stereocenters. The lowest BCUT2D eigenvalue weighted by atomic mass is 9.85. The van der Waals surface area contributed by atoms with Crippen LogP contribution in [0.1, 0.15) is 0 Å². The van der Waals surface area contributed by atoms with Gasteiger partial charge in [0.25, 0.3) is 0 Å². The van der Waals surface area contributed by atoms with E-state index in [2.05, 4.69) is 158 Å². The van der Waals surface area contributed by atoms with E-state index in [1.807, 2.05) is 12.1 Å². The second kappa shape index (κ2) is 10.4. The van der Waals surface area contributed by atoms with Crippen molar-refractivity contribution in [1.82, 2.24) is 0 Å². The first-order valence-electron chi connectivity index (χ1n) is 17.1. The fourth-order valence-electron chi connectivity index (χ4n) is 8.17. The summed E-state index contributed by atoms with van der Waals surface area (Å²) in [5, 5.41) is 11.7. The number of furan rings is 2. The molecular weight excluding hydrogens is 609 g/mol. The molecule has 232 valence electrons. The molecule has 0 saturated carbocycles. The predicted molar refractivity (Wildman–Crippen MR) is 210 cm³/mol. The maximum Gasteiger partial charge on any atom is 0.147 e. The minimum Gasteiger partial charge on any atom is -0.456 e. The molecule has 11 rings (SSSR count). The molecule has 0 amide bonds. The number of fused-ring (bicyclic) bond motifs is 10. The zero-order valence-corrected chi connectivity index (χ0v) is 27.0. The molecule has 0 N–H and O–H groups in total. The van der Waals surface area contributed by atoms with Crippen molar-refractivity contribution in [2.75, 3.05) is 0 Å². The molecule has 2 aromatic heterocycles. The van der Waals surface area contributed by atoms with Crippen LogP contribution in [-0.2, 0) is 0 Å². The molecule has 0 aliphatic rings. The van der Waals surface area contributed by atoms with Crippen LogP contribution in [0, 0.1) is 0 Å². The van der Waals surface area contributed by atoms with E-state index in [4.69, 9.17) is 8.83 Å². The first-order chi connectivity index (χ1) is 24.8. The highest BCUT2D eigenvalue weighted by Gasteiger charge is 2.20. The molecule has 9 aromatic carbocycles. The fourth-order valence-corrected chi connectivity index (χ4v) is 8.17. The molecular formula is C48H28O2. The molecule has 0 atom stereocenters. The first kappa shape index (κ1) is 27.3. The van der Waals surface area contributed by atoms with Crippen LogP contribution in [-0.4, -0.2) is 0 Å². The average Bonchev–Trinajstić information content (AvgIpc) is 3.75. The second-order valence-electron chi connectivity index (χ2n) is 13.2. The monoisotopic (exact) mass is 636 g/mol. The Bertz CT molecular complexity index is 3100. The minimum atomic E-state index is 0.833. The van der Waals surface area contributed by atoms with Gasteiger partial charge < -0.3 is 8.83 Å². The van der Waals surface area contributed by atoms with Crippen molar-refractivity contribution in [3.8, 4) is 33.4 Å². The Hall–Kier alpha value is -6.64. The van der Waals surface area contributed by atoms with Gasteiger partial charge in [0.2, 0.25) is 0 Å². The standard InChI is InChI=1S/C48H28O2/c1-2-11-30-26-32(21-20-29(30)10-1)31-12-9-13-33(27-31)45-36-15-3-5-17-38(36)46(39-18-6-4-16-37(39)45)34-22-24-43-41(28-34)47-44(49-43)25-23-40-35-14-7-8-19-42(35)50-48(40)47/h1-28H. The maximum absolute atomic E-state index is 6.49. The summed E-state index contributed by atoms with van der Waals surface area (Å²) in [5.74, 6) is 0. The highest BCUT2D eigenvalue weighted by Crippen LogP contribution is 2.46. The third-order valence-corrected chi connectivity index (χ3v) is 10.4. The normalized spacial score (nSPS) is 12.0. The van der Waals surface area contributed by atoms with Crippen molar-refractivity contribution in [3.05, 3.63) is 170 Å². The van der Waals surface area contributed by atoms with Crippen molar-refractivity contribution in [1.29, 1.82) is 0 Å². The summed E-state index contributed by atoms with van der Waals surface area (Å²) in [4.78, 5) is 0. The molecule has 0 aliphatic carbocycles. The summed E-state index contributed by atoms with van der Waals surface area (Å²) < 4.78 is 12.9. The Balaban J connectivity index is 1.16. The van der Waals surface area contributed by atoms with Crippen molar-refractivity contribution in [3.63, 3.8) is 0 Å². The third kappa shape index (κ3) is 3.96. The van der Waals surface area contributed by atoms with Crippen molar-refractivity contribution >= 4 is 76.2 Å². The van der Waals surface area contributed by atoms with E-state index in [9.17, 15) is 0 Å². The number of hydrogen-bond donors (Lipinski definition) is 0. The maximum atomic E-state index is 6.49. The number of rotatable bonds is 3. The second-order valence-corrected chi connectivity index (χ2v) is 13.2. The van der Waals surface area contributed by atoms with E-state index < -0.39 is 0 Å². The van der Waals surface area contributed by atoms with Crippen molar-refractivity contribution in [2.24, 2.45) is 0 Å². The summed E-state index contributed by atoms with van der Waals surface area (Å²) in [6, 6.07) is 61.0. The van der Waals surface area contributed by atoms with E-state index in [-0.39, 0.29) is 0 Å². The molecule has 11 aromatic rings. The molecule has 0 bridgehead atoms. The van der Waals surface area contributed by atoms with Crippen LogP contribution < -0.4 is 0 Å². The van der Waals surface area contributed by atoms with Crippen LogP contribution in [0.5, 0.6) is 0 Å². The lowest BCUT2D eigenvalue weighted by Gasteiger charge is -2.18. The quantitative estimate of drug-likeness (QED) is 0.180. The van der Waals surface area contributed by atoms with Crippen LogP contribution in [0.15, 0.2) is 179 Å². The Labute approximate surface area is 287 Å². The predicted octanol–water partition coefficient (Wildman–Crippen LogP) is 13.9. The Morgan fingerprint density at radius 2 is 0.840 bits per heavy atom. The lowest BCUT2D eigenvalue weighted by molar-refractivity contribution is 0.663. The zero-order chi connectivity index (χ0) is 32.8. The zero-order valence-electron chi connectivity index (χ0n) is 27.0. The molecule has 2 heterocycles. The van der Waals surface area contributed by atoms with E-state index in [0.717, 1.165) is 49.4 Å². The summed E-state index contributed by atoms with van der Waals surface area (Å²) in [6.07, 6.45) is 0. The molecule has 0 radical (unpaired) electrons. The van der Waals surface area contributed by atoms with E-state index in [1.165, 1.54) is 60.1 Å². The van der Waals surface area contributed by atoms with E-state index in [0.29, 0.717) is 0 Å². The van der Waals surface area contributed by atoms with Gasteiger partial charge in [0, 0.05) is 16.2 Å². The Morgan fingerprint density at radius 1 is 0.280 bits per heavy atom. The molecule has 50 heavy (non-hydrogen) atoms. The highest BCUT2D eigenvalue weighted by molar-refractivity contribution is 6.25. The van der Waals surface area contributed by atoms with Gasteiger partial charge in [-0.15, -0.1) is 0 Å². The van der Waals surface area contributed by atoms with Gasteiger partial charge in [-0.3, -0.25) is 0 Å². The Morgan fingerprint density at radius 3 is 1.60 bits per heavy atom. The van der Waals surface area contributed by atoms with Gasteiger partial charge in [-0.25, -0.2) is 0 Å². The van der Waals surface area contributed by atoms with Crippen molar-refractivity contribution in [2.45, 2.75) is 0 Å². The molecule has 0 saturated heterocycles. The van der Waals surface area contributed by atoms with Gasteiger partial charge in [0.15, 0.2) is 0 Å². The smallest absolute Gasteiger partial charge is 0.147 e. The van der Waals surface area contributed by atoms with Crippen molar-refractivity contribution < 1.29 is 8.83 Å². The van der Waals surface area contributed by atoms with Crippen LogP contribution >= 0.6 is 0 Å². The summed E-state index contributed by atoms with van der Waals surface area (Å²) >= 11 is 0. The van der Waals surface area contributed by atoms with Crippen LogP contribution in [0.4, 0.5) is 0 Å². The van der Waals surface area contributed by atoms with E-state index in [1.54, 1.807) is 0 Å². The van der Waals surface area contributed by atoms with Gasteiger partial charge in [-0.1, -0.05) is 127 Å². The molecule has 2 heteroatoms. The largest absolute Gasteiger partial charge is 0.456 e. The summed E-state index contributed by atoms with van der Waals surface area (Å²) in [6.45, 7) is 0. The van der Waals surface area contributed by atoms with Gasteiger partial charge in [0.1, 0.15) is 22.3 Å². The van der Waals surface area contributed by atoms with Crippen LogP contribution in [0.2, 0.25) is 0 Å². The third-order valence-electron chi connectivity index (χ3n) is 10.4. The minimum absolute atomic E-state index is 0.833. The number of hydrogen-bond acceptors (Lipinski definition) is 2. The molecule has 2 nitrogen and oxygen atoms in total. The molecule has 0 aliphatic heterocycles.